The topological polar surface area (TPSA) is 182 Å². The molecule has 3 aliphatic heterocycles. The highest BCUT2D eigenvalue weighted by molar-refractivity contribution is 9.10. The molecule has 3 saturated heterocycles. The molecule has 2 N–H and O–H groups in total. The van der Waals surface area contributed by atoms with Crippen molar-refractivity contribution in [2.75, 3.05) is 45.0 Å². The van der Waals surface area contributed by atoms with Gasteiger partial charge in [-0.2, -0.15) is 0 Å². The lowest BCUT2D eigenvalue weighted by Gasteiger charge is -2.23. The van der Waals surface area contributed by atoms with Gasteiger partial charge in [0.05, 0.1) is 39.3 Å². The number of hydrogen-bond acceptors (Lipinski definition) is 13. The maximum absolute atomic E-state index is 14.9. The summed E-state index contributed by atoms with van der Waals surface area (Å²) in [6, 6.07) is 36.5. The molecule has 0 radical (unpaired) electrons. The van der Waals surface area contributed by atoms with Crippen molar-refractivity contribution < 1.29 is 42.0 Å². The average molecular weight is 1510 g/mol. The summed E-state index contributed by atoms with van der Waals surface area (Å²) in [5, 5.41) is 11.5. The standard InChI is InChI=1S/C25H26BrFN2O3.C23H25FN2O3S.C18H14BrFN2O2.C7H13BrO/c1-17-22(26)25(30)29(13-10-18-11-14-31-15-12-18)24(28-17)20-8-5-9-21(27)23(20)32-16-19-6-3-2-4-7-19;1-14-6-7-19(30-14)20-15(2)25-22(17-4-3-5-18(24)21(17)27)26(23(20)28)11-8-16-9-12-29-13-10-16;1-11-15(19)18(23)22-17(21-11)13-8-5-9-14(20)16(13)24-10-12-6-3-2-4-7-12;8-4-1-7-2-5-9-6-3-7/h2-9,18H,10-16H2,1H3;3-7,16,27H,8-13H2,1-2H3;2-9H,10H2,1H3,(H,21,22,23);7H,1-6H2. The number of ether oxygens (including phenoxy) is 5. The molecule has 0 unspecified atom stereocenters. The number of rotatable bonds is 18. The quantitative estimate of drug-likeness (QED) is 0.0777. The maximum Gasteiger partial charge on any atom is 0.268 e. The van der Waals surface area contributed by atoms with Gasteiger partial charge in [-0.3, -0.25) is 23.5 Å². The summed E-state index contributed by atoms with van der Waals surface area (Å²) in [5.41, 5.74) is 4.53. The average Bonchev–Trinajstić information content (AvgIpc) is 1.57. The number of phenols is 1. The van der Waals surface area contributed by atoms with Gasteiger partial charge >= 0.3 is 0 Å². The minimum absolute atomic E-state index is 0.0613. The van der Waals surface area contributed by atoms with Crippen LogP contribution in [0.15, 0.2) is 151 Å². The number of halogens is 6. The molecular formula is C73H78Br3F3N6O9S. The van der Waals surface area contributed by atoms with Gasteiger partial charge in [-0.25, -0.2) is 28.1 Å². The summed E-state index contributed by atoms with van der Waals surface area (Å²) < 4.78 is 74.9. The van der Waals surface area contributed by atoms with Gasteiger partial charge in [-0.15, -0.1) is 11.3 Å². The highest BCUT2D eigenvalue weighted by atomic mass is 79.9. The summed E-state index contributed by atoms with van der Waals surface area (Å²) >= 11 is 11.5. The summed E-state index contributed by atoms with van der Waals surface area (Å²) in [5.74, 6) is 0.840. The maximum atomic E-state index is 14.9. The predicted octanol–water partition coefficient (Wildman–Crippen LogP) is 16.9. The molecule has 22 heteroatoms. The normalized spacial score (nSPS) is 14.4. The zero-order valence-electron chi connectivity index (χ0n) is 53.6. The van der Waals surface area contributed by atoms with E-state index >= 15 is 0 Å². The predicted molar refractivity (Wildman–Crippen MR) is 377 cm³/mol. The third-order valence-corrected chi connectivity index (χ3v) is 20.1. The van der Waals surface area contributed by atoms with E-state index in [0.717, 1.165) is 110 Å². The van der Waals surface area contributed by atoms with Gasteiger partial charge in [-0.1, -0.05) is 94.8 Å². The van der Waals surface area contributed by atoms with Crippen LogP contribution in [0.3, 0.4) is 0 Å². The van der Waals surface area contributed by atoms with Gasteiger partial charge in [0, 0.05) is 67.8 Å². The van der Waals surface area contributed by atoms with Gasteiger partial charge in [0.1, 0.15) is 39.6 Å². The van der Waals surface area contributed by atoms with Crippen LogP contribution in [0, 0.1) is 62.9 Å². The van der Waals surface area contributed by atoms with Crippen LogP contribution in [-0.4, -0.2) is 79.1 Å². The summed E-state index contributed by atoms with van der Waals surface area (Å²) in [7, 11) is 0. The first-order valence-electron chi connectivity index (χ1n) is 31.9. The van der Waals surface area contributed by atoms with Crippen molar-refractivity contribution in [3.63, 3.8) is 0 Å². The number of hydrogen-bond donors (Lipinski definition) is 2. The number of thiophene rings is 1. The van der Waals surface area contributed by atoms with Gasteiger partial charge in [0.15, 0.2) is 34.7 Å². The van der Waals surface area contributed by atoms with E-state index < -0.39 is 23.2 Å². The Morgan fingerprint density at radius 1 is 0.537 bits per heavy atom. The molecule has 0 saturated carbocycles. The molecule has 0 amide bonds. The molecule has 3 fully saturated rings. The molecule has 95 heavy (non-hydrogen) atoms. The number of H-pyrrole nitrogens is 1. The van der Waals surface area contributed by atoms with Crippen molar-refractivity contribution in [1.82, 2.24) is 29.1 Å². The molecule has 12 rings (SSSR count). The van der Waals surface area contributed by atoms with Crippen molar-refractivity contribution in [3.8, 4) is 61.9 Å². The number of aromatic nitrogens is 6. The van der Waals surface area contributed by atoms with Crippen LogP contribution >= 0.6 is 59.1 Å². The van der Waals surface area contributed by atoms with Crippen LogP contribution in [0.5, 0.6) is 17.2 Å². The first-order chi connectivity index (χ1) is 46.0. The first-order valence-corrected chi connectivity index (χ1v) is 35.4. The summed E-state index contributed by atoms with van der Waals surface area (Å²) in [6.07, 6.45) is 9.40. The monoisotopic (exact) mass is 1510 g/mol. The number of phenolic OH excluding ortho intramolecular Hbond substituents is 1. The Kier molecular flexibility index (Phi) is 27.2. The molecule has 0 spiro atoms. The van der Waals surface area contributed by atoms with Crippen molar-refractivity contribution in [3.05, 3.63) is 218 Å². The number of alkyl halides is 1. The number of nitrogens with one attached hydrogen (secondary N) is 1. The molecular weight excluding hydrogens is 1430 g/mol. The number of aryl methyl sites for hydroxylation is 4. The Balaban J connectivity index is 0.000000158. The zero-order valence-corrected chi connectivity index (χ0v) is 59.2. The van der Waals surface area contributed by atoms with Crippen LogP contribution in [0.2, 0.25) is 0 Å². The Bertz CT molecular complexity index is 4180. The van der Waals surface area contributed by atoms with E-state index in [1.165, 1.54) is 43.5 Å². The summed E-state index contributed by atoms with van der Waals surface area (Å²) in [4.78, 5) is 57.0. The lowest BCUT2D eigenvalue weighted by molar-refractivity contribution is 0.0624. The second-order valence-corrected chi connectivity index (χ2v) is 27.2. The van der Waals surface area contributed by atoms with Gasteiger partial charge < -0.3 is 33.8 Å². The molecule has 502 valence electrons. The Labute approximate surface area is 580 Å². The number of para-hydroxylation sites is 3. The molecule has 7 heterocycles. The lowest BCUT2D eigenvalue weighted by atomic mass is 9.96. The van der Waals surface area contributed by atoms with Crippen LogP contribution < -0.4 is 26.2 Å². The Morgan fingerprint density at radius 3 is 1.49 bits per heavy atom. The SMILES string of the molecule is BrCCC1CCOCC1.Cc1ccc(-c2c(C)nc(-c3cccc(F)c3O)n(CCC3CCOCC3)c2=O)s1.Cc1nc(-c2cccc(F)c2OCc2ccccc2)[nH]c(=O)c1Br.Cc1nc(-c2cccc(F)c2OCc2ccccc2)n(CCC2CCOCC2)c(=O)c1Br. The number of aromatic amines is 1. The fourth-order valence-electron chi connectivity index (χ4n) is 11.4. The number of nitrogens with zero attached hydrogens (tertiary/aromatic N) is 5. The van der Waals surface area contributed by atoms with Crippen molar-refractivity contribution in [2.45, 2.75) is 112 Å². The zero-order chi connectivity index (χ0) is 67.4. The molecule has 15 nitrogen and oxygen atoms in total. The number of aromatic hydroxyl groups is 1. The number of benzene rings is 5. The summed E-state index contributed by atoms with van der Waals surface area (Å²) in [6.45, 7) is 13.6. The van der Waals surface area contributed by atoms with E-state index in [4.69, 9.17) is 23.7 Å². The van der Waals surface area contributed by atoms with E-state index in [2.05, 4.69) is 67.7 Å². The highest BCUT2D eigenvalue weighted by Crippen LogP contribution is 2.37. The smallest absolute Gasteiger partial charge is 0.268 e. The first kappa shape index (κ1) is 72.2. The van der Waals surface area contributed by atoms with E-state index in [9.17, 15) is 32.7 Å². The van der Waals surface area contributed by atoms with Gasteiger partial charge in [-0.05, 0) is 195 Å². The fourth-order valence-corrected chi connectivity index (χ4v) is 13.5. The molecule has 3 aliphatic rings. The molecule has 5 aromatic carbocycles. The molecule has 0 bridgehead atoms. The van der Waals surface area contributed by atoms with Crippen LogP contribution in [0.4, 0.5) is 13.2 Å². The van der Waals surface area contributed by atoms with E-state index in [1.807, 2.05) is 79.7 Å². The van der Waals surface area contributed by atoms with Crippen LogP contribution in [0.1, 0.15) is 90.9 Å². The van der Waals surface area contributed by atoms with Crippen LogP contribution in [0.25, 0.3) is 44.6 Å². The molecule has 0 aliphatic carbocycles. The van der Waals surface area contributed by atoms with Crippen molar-refractivity contribution in [1.29, 1.82) is 0 Å². The third-order valence-electron chi connectivity index (χ3n) is 16.8. The Morgan fingerprint density at radius 2 is 0.989 bits per heavy atom. The van der Waals surface area contributed by atoms with E-state index in [0.29, 0.717) is 79.3 Å². The van der Waals surface area contributed by atoms with E-state index in [1.54, 1.807) is 71.6 Å². The molecule has 9 aromatic rings. The third kappa shape index (κ3) is 19.6. The van der Waals surface area contributed by atoms with Gasteiger partial charge in [0.25, 0.3) is 16.7 Å². The van der Waals surface area contributed by atoms with Crippen molar-refractivity contribution >= 4 is 59.1 Å². The molecule has 4 aromatic heterocycles. The van der Waals surface area contributed by atoms with Gasteiger partial charge in [0.2, 0.25) is 0 Å². The van der Waals surface area contributed by atoms with Crippen LogP contribution in [-0.2, 0) is 40.5 Å². The van der Waals surface area contributed by atoms with E-state index in [-0.39, 0.29) is 52.8 Å². The van der Waals surface area contributed by atoms with Crippen molar-refractivity contribution in [2.24, 2.45) is 17.8 Å². The lowest BCUT2D eigenvalue weighted by Crippen LogP contribution is -2.28. The minimum atomic E-state index is -0.728. The fraction of sp³-hybridized carbons (Fsp3) is 0.370. The molecule has 0 atom stereocenters. The Hall–Kier alpha value is -7.05. The minimum Gasteiger partial charge on any atom is -0.504 e. The largest absolute Gasteiger partial charge is 0.504 e. The highest BCUT2D eigenvalue weighted by Gasteiger charge is 2.25. The second-order valence-electron chi connectivity index (χ2n) is 23.5. The second kappa shape index (κ2) is 35.8.